The van der Waals surface area contributed by atoms with E-state index in [4.69, 9.17) is 27.7 Å². The highest BCUT2D eigenvalue weighted by Crippen LogP contribution is 2.30. The molecule has 27 N–H and O–H groups in total. The molecule has 18 amide bonds. The summed E-state index contributed by atoms with van der Waals surface area (Å²) in [5.41, 5.74) is 24.4. The number of nitrogens with two attached hydrogens (primary N) is 4. The molecule has 47 heteroatoms. The molecule has 9 rings (SSSR count). The van der Waals surface area contributed by atoms with Gasteiger partial charge in [0.1, 0.15) is 96.4 Å². The maximum Gasteiger partial charge on any atom is 0.341 e. The number of hydrogen-bond acceptors (Lipinski definition) is 26. The number of aromatic amines is 1. The number of nitrogens with one attached hydrogen (secondary N) is 15. The van der Waals surface area contributed by atoms with Crippen LogP contribution in [0.5, 0.6) is 5.75 Å². The van der Waals surface area contributed by atoms with Gasteiger partial charge in [0.2, 0.25) is 94.5 Å². The van der Waals surface area contributed by atoms with E-state index >= 15 is 38.4 Å². The van der Waals surface area contributed by atoms with Crippen molar-refractivity contribution in [1.82, 2.24) is 94.2 Å². The minimum Gasteiger partial charge on any atom is -0.482 e. The number of aliphatic hydroxyl groups is 2. The van der Waals surface area contributed by atoms with Crippen molar-refractivity contribution in [2.75, 3.05) is 57.9 Å². The van der Waals surface area contributed by atoms with Gasteiger partial charge in [0.15, 0.2) is 6.61 Å². The molecule has 0 bridgehead atoms. The quantitative estimate of drug-likeness (QED) is 0.0204. The Morgan fingerprint density at radius 1 is 0.544 bits per heavy atom. The van der Waals surface area contributed by atoms with Crippen molar-refractivity contribution in [3.63, 3.8) is 0 Å². The second kappa shape index (κ2) is 56.7. The number of nitrogens with zero attached hydrogens (tertiary/aromatic N) is 3. The number of amides is 18. The molecule has 3 fully saturated rings. The van der Waals surface area contributed by atoms with E-state index in [1.54, 1.807) is 68.6 Å². The molecule has 2 aromatic heterocycles. The van der Waals surface area contributed by atoms with Crippen LogP contribution in [0.25, 0.3) is 22.0 Å². The van der Waals surface area contributed by atoms with E-state index in [1.165, 1.54) is 67.7 Å². The number of hydrogen-bond donors (Lipinski definition) is 23. The van der Waals surface area contributed by atoms with Crippen molar-refractivity contribution in [1.29, 1.82) is 0 Å². The molecule has 2 saturated heterocycles. The van der Waals surface area contributed by atoms with Crippen LogP contribution in [0, 0.1) is 11.8 Å². The number of likely N-dealkylation sites (N-methyl/N-ethyl adjacent to an activating group) is 1. The maximum atomic E-state index is 15.6. The molecule has 4 heterocycles. The molecule has 6 aromatic rings. The highest BCUT2D eigenvalue weighted by molar-refractivity contribution is 8.00. The van der Waals surface area contributed by atoms with Crippen LogP contribution in [0.3, 0.4) is 0 Å². The Morgan fingerprint density at radius 2 is 1.07 bits per heavy atom. The summed E-state index contributed by atoms with van der Waals surface area (Å²) in [7, 11) is 1.28. The fourth-order valence-electron chi connectivity index (χ4n) is 17.5. The number of carboxylic acids is 2. The van der Waals surface area contributed by atoms with Crippen LogP contribution in [-0.4, -0.2) is 307 Å². The number of para-hydroxylation sites is 1. The largest absolute Gasteiger partial charge is 0.482 e. The fraction of sp³-hybridized carbons (Fsp3) is 0.500. The second-order valence-electron chi connectivity index (χ2n) is 37.8. The number of urea groups is 1. The zero-order valence-electron chi connectivity index (χ0n) is 82.9. The van der Waals surface area contributed by atoms with Crippen molar-refractivity contribution in [3.8, 4) is 16.9 Å². The van der Waals surface area contributed by atoms with Crippen molar-refractivity contribution in [3.05, 3.63) is 156 Å². The summed E-state index contributed by atoms with van der Waals surface area (Å²) < 4.78 is 5.34. The molecule has 1 aliphatic carbocycles. The SMILES string of the molecule is CC(C)C[C@@H]1NC(=O)[C@H](Cc2c[nH]c3ccccc23)NC(=O)[C@H](CC(=O)O)NC(=O)[C@H](Cc2ccc(OCC(=O)O)cc2)NC(=O)[C@H](Cc2ccncc2)NC(=O)CSC[C@@H](C(=O)N[C@@H](CCN)C(N)=O)NC(=O)[C@H](CO)NC(=O)[C@H](C(C)(C)O)NC(=O)[C@H](CC2CCCCC2)NC(=O)[C@H](CCN)NC(=O)[C@H]2CCCN2C(=O)[C@H](C)N(C)C(=O)[C@H](CCCNC(N)=O)NC(=O)[C@H](Cc2ccc(-c3ccccc3)cc2)NC1=O. The molecule has 796 valence electrons. The van der Waals surface area contributed by atoms with Gasteiger partial charge >= 0.3 is 18.0 Å². The molecule has 2 aliphatic heterocycles. The van der Waals surface area contributed by atoms with Gasteiger partial charge in [-0.25, -0.2) is 9.59 Å². The Labute approximate surface area is 853 Å². The highest BCUT2D eigenvalue weighted by Gasteiger charge is 2.45. The van der Waals surface area contributed by atoms with Gasteiger partial charge in [0.25, 0.3) is 0 Å². The van der Waals surface area contributed by atoms with E-state index in [9.17, 15) is 73.2 Å². The van der Waals surface area contributed by atoms with Gasteiger partial charge in [-0.05, 0) is 161 Å². The first-order valence-electron chi connectivity index (χ1n) is 48.9. The Balaban J connectivity index is 1.13. The monoisotopic (exact) mass is 2060 g/mol. The minimum absolute atomic E-state index is 0.0364. The number of pyridine rings is 1. The third-order valence-electron chi connectivity index (χ3n) is 25.5. The summed E-state index contributed by atoms with van der Waals surface area (Å²) in [4.78, 5) is 285. The van der Waals surface area contributed by atoms with Crippen molar-refractivity contribution < 1.29 is 116 Å². The van der Waals surface area contributed by atoms with Crippen LogP contribution >= 0.6 is 11.8 Å². The number of aliphatic hydroxyl groups excluding tert-OH is 1. The number of primary amides is 2. The van der Waals surface area contributed by atoms with Crippen LogP contribution in [-0.2, 0) is 112 Å². The number of thioether (sulfide) groups is 1. The zero-order chi connectivity index (χ0) is 107. The highest BCUT2D eigenvalue weighted by atomic mass is 32.2. The van der Waals surface area contributed by atoms with Gasteiger partial charge in [-0.2, -0.15) is 0 Å². The Kier molecular flexibility index (Phi) is 44.7. The molecule has 15 atom stereocenters. The topological polar surface area (TPSA) is 722 Å². The van der Waals surface area contributed by atoms with Gasteiger partial charge in [0.05, 0.1) is 24.4 Å². The van der Waals surface area contributed by atoms with E-state index in [2.05, 4.69) is 84.4 Å². The Morgan fingerprint density at radius 3 is 1.65 bits per heavy atom. The smallest absolute Gasteiger partial charge is 0.341 e. The van der Waals surface area contributed by atoms with E-state index < -0.39 is 259 Å². The summed E-state index contributed by atoms with van der Waals surface area (Å²) in [6.07, 6.45) is 4.34. The second-order valence-corrected chi connectivity index (χ2v) is 38.8. The van der Waals surface area contributed by atoms with Crippen LogP contribution < -0.4 is 102 Å². The Bertz CT molecular complexity index is 5580. The first kappa shape index (κ1) is 116. The standard InChI is InChI=1S/C100H136N22O24S/c1-55(2)43-70-86(131)114-72(45-58-25-29-62(30-26-58)61-19-11-8-12-20-61)88(133)111-69(23-15-39-106-99(104)144)98(143)121(6)56(3)97(142)122-42-16-24-79(122)95(140)110-68(34-38-102)85(130)113-74(44-57-17-9-7-10-18-57)92(137)120-83(100(4,5)145)96(141)118-77(51-123)93(138)119-78(94(139)109-67(33-37-101)84(103)129)53-147-54-80(124)108-71(47-60-35-40-105-41-36-60)87(132)115-73(46-59-27-31-64(32-28-59)146-52-82(127)128)89(134)117-76(49-81(125)126)91(136)116-75(90(135)112-70)48-63-50-107-66-22-14-13-21-65(63)66/h8,11-14,19-22,25-32,35-36,40-41,50,55-57,67-79,83,107,123,145H,7,9-10,15-18,23-24,33-34,37-39,42-49,51-54,101-102H2,1-6H3,(H2,103,129)(H,108,124)(H,109,139)(H,110,140)(H,111,133)(H,112,135)(H,113,130)(H,114,131)(H,115,132)(H,116,136)(H,117,134)(H,118,141)(H,119,138)(H,120,137)(H,125,126)(H,127,128)(H3,104,106,144)/t56-,67-,68-,69-,70-,71-,72-,73-,74-,75-,76-,77-,78-,79+,83+/m0/s1. The summed E-state index contributed by atoms with van der Waals surface area (Å²) in [5, 5.41) is 79.3. The molecule has 0 unspecified atom stereocenters. The number of ether oxygens (including phenoxy) is 1. The number of carbonyl (C=O) groups is 19. The van der Waals surface area contributed by atoms with E-state index in [1.807, 2.05) is 30.3 Å². The van der Waals surface area contributed by atoms with Crippen LogP contribution in [0.4, 0.5) is 4.79 Å². The average molecular weight is 2060 g/mol. The third-order valence-corrected chi connectivity index (χ3v) is 26.5. The van der Waals surface area contributed by atoms with E-state index in [0.29, 0.717) is 52.2 Å². The molecule has 0 spiro atoms. The third kappa shape index (κ3) is 35.9. The van der Waals surface area contributed by atoms with Crippen molar-refractivity contribution in [2.24, 2.45) is 34.8 Å². The number of aliphatic carboxylic acids is 2. The molecular weight excluding hydrogens is 1930 g/mol. The van der Waals surface area contributed by atoms with Crippen LogP contribution in [0.15, 0.2) is 134 Å². The lowest BCUT2D eigenvalue weighted by Gasteiger charge is -2.34. The van der Waals surface area contributed by atoms with Crippen LogP contribution in [0.2, 0.25) is 0 Å². The van der Waals surface area contributed by atoms with Gasteiger partial charge < -0.3 is 137 Å². The number of carbonyl (C=O) groups excluding carboxylic acids is 17. The molecule has 0 radical (unpaired) electrons. The van der Waals surface area contributed by atoms with Crippen molar-refractivity contribution >= 4 is 135 Å². The summed E-state index contributed by atoms with van der Waals surface area (Å²) in [6.45, 7) is 4.48. The molecule has 1 saturated carbocycles. The maximum absolute atomic E-state index is 15.6. The lowest BCUT2D eigenvalue weighted by molar-refractivity contribution is -0.148. The molecule has 4 aromatic carbocycles. The first-order valence-corrected chi connectivity index (χ1v) is 50.1. The lowest BCUT2D eigenvalue weighted by atomic mass is 9.84. The summed E-state index contributed by atoms with van der Waals surface area (Å²) in [5.74, 6) is -21.8. The molecule has 147 heavy (non-hydrogen) atoms. The van der Waals surface area contributed by atoms with E-state index in [-0.39, 0.29) is 108 Å². The average Bonchev–Trinajstić information content (AvgIpc) is 1.72. The fourth-order valence-corrected chi connectivity index (χ4v) is 18.3. The first-order chi connectivity index (χ1) is 70.0. The number of benzene rings is 4. The Hall–Kier alpha value is -14.7. The number of rotatable bonds is 31. The number of carboxylic acid groups (broad SMARTS) is 2. The summed E-state index contributed by atoms with van der Waals surface area (Å²) in [6, 6.07) is 5.26. The molecule has 46 nitrogen and oxygen atoms in total. The zero-order valence-corrected chi connectivity index (χ0v) is 83.7. The lowest BCUT2D eigenvalue weighted by Crippen LogP contribution is -2.64. The van der Waals surface area contributed by atoms with Gasteiger partial charge in [0, 0.05) is 81.1 Å². The summed E-state index contributed by atoms with van der Waals surface area (Å²) >= 11 is 0.650. The van der Waals surface area contributed by atoms with Crippen molar-refractivity contribution in [2.45, 2.75) is 246 Å². The number of fused-ring (bicyclic) bond motifs is 2. The molecular formula is C100H136N22O24S. The minimum atomic E-state index is -2.24. The molecule has 3 aliphatic rings. The van der Waals surface area contributed by atoms with Gasteiger partial charge in [-0.15, -0.1) is 11.8 Å². The van der Waals surface area contributed by atoms with Crippen LogP contribution in [0.1, 0.15) is 147 Å². The van der Waals surface area contributed by atoms with E-state index in [0.717, 1.165) is 49.1 Å². The van der Waals surface area contributed by atoms with Gasteiger partial charge in [-0.3, -0.25) is 86.5 Å². The van der Waals surface area contributed by atoms with Gasteiger partial charge in [-0.1, -0.05) is 131 Å². The predicted molar refractivity (Wildman–Crippen MR) is 538 cm³/mol. The predicted octanol–water partition coefficient (Wildman–Crippen LogP) is -2.26. The normalized spacial score (nSPS) is 23.6. The number of H-pyrrole nitrogens is 1. The number of aromatic nitrogens is 2.